The number of hydrogen-bond donors (Lipinski definition) is 1. The molecule has 0 saturated heterocycles. The van der Waals surface area contributed by atoms with E-state index in [4.69, 9.17) is 14.7 Å². The van der Waals surface area contributed by atoms with E-state index in [1.54, 1.807) is 6.33 Å². The molecule has 3 heterocycles. The first kappa shape index (κ1) is 21.3. The molecule has 1 aliphatic carbocycles. The second kappa shape index (κ2) is 8.42. The molecule has 0 bridgehead atoms. The monoisotopic (exact) mass is 443 g/mol. The number of aromatic nitrogens is 6. The van der Waals surface area contributed by atoms with E-state index in [1.165, 1.54) is 12.8 Å². The van der Waals surface area contributed by atoms with Gasteiger partial charge in [0.2, 0.25) is 0 Å². The Morgan fingerprint density at radius 3 is 2.76 bits per heavy atom. The summed E-state index contributed by atoms with van der Waals surface area (Å²) in [5.74, 6) is 3.18. The van der Waals surface area contributed by atoms with Crippen molar-refractivity contribution < 1.29 is 4.74 Å². The van der Waals surface area contributed by atoms with Crippen LogP contribution in [0.25, 0.3) is 22.3 Å². The van der Waals surface area contributed by atoms with Crippen molar-refractivity contribution in [2.45, 2.75) is 40.0 Å². The third kappa shape index (κ3) is 4.51. The Kier molecular flexibility index (Phi) is 5.44. The molecule has 0 spiro atoms. The van der Waals surface area contributed by atoms with Gasteiger partial charge >= 0.3 is 0 Å². The lowest BCUT2D eigenvalue weighted by atomic mass is 10.1. The summed E-state index contributed by atoms with van der Waals surface area (Å²) in [7, 11) is 1.93. The Labute approximate surface area is 193 Å². The minimum absolute atomic E-state index is 0.379. The zero-order valence-electron chi connectivity index (χ0n) is 19.6. The molecule has 0 atom stereocenters. The Morgan fingerprint density at radius 2 is 2.03 bits per heavy atom. The maximum absolute atomic E-state index is 5.96. The Bertz CT molecular complexity index is 1310. The minimum atomic E-state index is 0.379. The molecule has 1 saturated carbocycles. The molecule has 3 aromatic heterocycles. The van der Waals surface area contributed by atoms with Crippen LogP contribution in [0.4, 0.5) is 5.82 Å². The average Bonchev–Trinajstić information content (AvgIpc) is 3.38. The summed E-state index contributed by atoms with van der Waals surface area (Å²) in [4.78, 5) is 14.3. The number of benzene rings is 1. The number of hydrogen-bond acceptors (Lipinski definition) is 7. The van der Waals surface area contributed by atoms with E-state index in [1.807, 2.05) is 49.9 Å². The molecule has 1 aliphatic rings. The van der Waals surface area contributed by atoms with Crippen LogP contribution in [-0.2, 0) is 13.5 Å². The summed E-state index contributed by atoms with van der Waals surface area (Å²) < 4.78 is 7.85. The lowest BCUT2D eigenvalue weighted by Crippen LogP contribution is -2.14. The molecule has 0 aliphatic heterocycles. The van der Waals surface area contributed by atoms with E-state index >= 15 is 0 Å². The van der Waals surface area contributed by atoms with Crippen molar-refractivity contribution in [3.8, 4) is 17.1 Å². The highest BCUT2D eigenvalue weighted by Gasteiger charge is 2.37. The number of rotatable bonds is 8. The van der Waals surface area contributed by atoms with E-state index < -0.39 is 0 Å². The van der Waals surface area contributed by atoms with Crippen LogP contribution < -0.4 is 10.1 Å². The first-order chi connectivity index (χ1) is 15.9. The third-order valence-corrected chi connectivity index (χ3v) is 6.22. The highest BCUT2D eigenvalue weighted by molar-refractivity contribution is 5.88. The van der Waals surface area contributed by atoms with Crippen molar-refractivity contribution in [3.05, 3.63) is 53.9 Å². The van der Waals surface area contributed by atoms with Crippen molar-refractivity contribution in [2.24, 2.45) is 12.5 Å². The molecule has 0 radical (unpaired) electrons. The number of nitrogens with zero attached hydrogens (tertiary/aromatic N) is 6. The zero-order chi connectivity index (χ0) is 23.0. The molecule has 1 aromatic carbocycles. The van der Waals surface area contributed by atoms with Crippen LogP contribution in [0.5, 0.6) is 5.75 Å². The van der Waals surface area contributed by atoms with Gasteiger partial charge in [0, 0.05) is 48.4 Å². The van der Waals surface area contributed by atoms with Gasteiger partial charge in [0.05, 0.1) is 6.61 Å². The Morgan fingerprint density at radius 1 is 1.18 bits per heavy atom. The number of nitrogens with one attached hydrogen (secondary N) is 1. The zero-order valence-corrected chi connectivity index (χ0v) is 19.6. The van der Waals surface area contributed by atoms with Gasteiger partial charge in [-0.05, 0) is 44.2 Å². The van der Waals surface area contributed by atoms with Gasteiger partial charge < -0.3 is 14.6 Å². The highest BCUT2D eigenvalue weighted by Crippen LogP contribution is 2.44. The molecule has 1 N–H and O–H groups in total. The normalized spacial score (nSPS) is 14.4. The summed E-state index contributed by atoms with van der Waals surface area (Å²) in [6, 6.07) is 8.14. The fourth-order valence-electron chi connectivity index (χ4n) is 3.95. The van der Waals surface area contributed by atoms with Crippen LogP contribution in [0.2, 0.25) is 0 Å². The molecule has 1 fully saturated rings. The van der Waals surface area contributed by atoms with Crippen LogP contribution >= 0.6 is 0 Å². The summed E-state index contributed by atoms with van der Waals surface area (Å²) in [5.41, 5.74) is 4.19. The molecule has 8 heteroatoms. The van der Waals surface area contributed by atoms with E-state index in [-0.39, 0.29) is 0 Å². The van der Waals surface area contributed by atoms with Gasteiger partial charge in [-0.1, -0.05) is 19.1 Å². The van der Waals surface area contributed by atoms with Crippen molar-refractivity contribution in [2.75, 3.05) is 18.5 Å². The van der Waals surface area contributed by atoms with Crippen LogP contribution in [0.3, 0.4) is 0 Å². The third-order valence-electron chi connectivity index (χ3n) is 6.22. The van der Waals surface area contributed by atoms with Gasteiger partial charge in [-0.15, -0.1) is 10.2 Å². The van der Waals surface area contributed by atoms with E-state index in [9.17, 15) is 0 Å². The molecule has 4 aromatic rings. The number of anilines is 1. The molecule has 33 heavy (non-hydrogen) atoms. The Balaban J connectivity index is 1.46. The van der Waals surface area contributed by atoms with E-state index in [2.05, 4.69) is 33.5 Å². The molecule has 170 valence electrons. The molecular weight excluding hydrogens is 414 g/mol. The largest absolute Gasteiger partial charge is 0.494 e. The molecule has 8 nitrogen and oxygen atoms in total. The second-order valence-corrected chi connectivity index (χ2v) is 9.20. The number of fused-ring (bicyclic) bond motifs is 1. The van der Waals surface area contributed by atoms with Crippen molar-refractivity contribution in [1.29, 1.82) is 0 Å². The summed E-state index contributed by atoms with van der Waals surface area (Å²) in [5, 5.41) is 12.7. The Hall–Kier alpha value is -3.55. The summed E-state index contributed by atoms with van der Waals surface area (Å²) in [6.45, 7) is 7.78. The van der Waals surface area contributed by atoms with Crippen molar-refractivity contribution in [1.82, 2.24) is 29.7 Å². The van der Waals surface area contributed by atoms with Gasteiger partial charge in [-0.25, -0.2) is 15.0 Å². The van der Waals surface area contributed by atoms with Crippen LogP contribution in [-0.4, -0.2) is 42.9 Å². The summed E-state index contributed by atoms with van der Waals surface area (Å²) in [6.07, 6.45) is 6.67. The number of ether oxygens (including phenoxy) is 1. The SMILES string of the molecule is CCOc1cc(-c2nncn2C)ccc1Cc1ncc2cc(C)nc(NCC3(C)CC3)c2n1. The van der Waals surface area contributed by atoms with E-state index in [0.717, 1.165) is 57.5 Å². The lowest BCUT2D eigenvalue weighted by molar-refractivity contribution is 0.337. The van der Waals surface area contributed by atoms with Crippen LogP contribution in [0, 0.1) is 12.3 Å². The predicted molar refractivity (Wildman–Crippen MR) is 128 cm³/mol. The number of pyridine rings is 1. The van der Waals surface area contributed by atoms with Crippen LogP contribution in [0.1, 0.15) is 43.8 Å². The van der Waals surface area contributed by atoms with Crippen LogP contribution in [0.15, 0.2) is 36.8 Å². The fourth-order valence-corrected chi connectivity index (χ4v) is 3.95. The maximum atomic E-state index is 5.96. The molecule has 0 amide bonds. The van der Waals surface area contributed by atoms with Gasteiger partial charge in [0.15, 0.2) is 11.6 Å². The summed E-state index contributed by atoms with van der Waals surface area (Å²) >= 11 is 0. The first-order valence-corrected chi connectivity index (χ1v) is 11.4. The predicted octanol–water partition coefficient (Wildman–Crippen LogP) is 4.33. The topological polar surface area (TPSA) is 90.6 Å². The van der Waals surface area contributed by atoms with Crippen molar-refractivity contribution >= 4 is 16.7 Å². The van der Waals surface area contributed by atoms with Gasteiger partial charge in [-0.2, -0.15) is 0 Å². The highest BCUT2D eigenvalue weighted by atomic mass is 16.5. The average molecular weight is 444 g/mol. The van der Waals surface area contributed by atoms with E-state index in [0.29, 0.717) is 18.4 Å². The second-order valence-electron chi connectivity index (χ2n) is 9.20. The van der Waals surface area contributed by atoms with Gasteiger partial charge in [0.1, 0.15) is 23.4 Å². The standard InChI is InChI=1S/C25H29N7O/c1-5-33-20-11-18(24-31-28-15-32(24)4)7-6-17(20)12-21-26-13-19-10-16(2)29-23(22(19)30-21)27-14-25(3)8-9-25/h6-7,10-11,13,15H,5,8-9,12,14H2,1-4H3,(H,27,29). The maximum Gasteiger partial charge on any atom is 0.163 e. The van der Waals surface area contributed by atoms with Gasteiger partial charge in [0.25, 0.3) is 0 Å². The quantitative estimate of drug-likeness (QED) is 0.433. The molecule has 5 rings (SSSR count). The molecular formula is C25H29N7O. The minimum Gasteiger partial charge on any atom is -0.494 e. The van der Waals surface area contributed by atoms with Gasteiger partial charge in [-0.3, -0.25) is 0 Å². The number of aryl methyl sites for hydroxylation is 2. The van der Waals surface area contributed by atoms with Crippen molar-refractivity contribution in [3.63, 3.8) is 0 Å². The smallest absolute Gasteiger partial charge is 0.163 e. The first-order valence-electron chi connectivity index (χ1n) is 11.4. The fraction of sp³-hybridized carbons (Fsp3) is 0.400. The lowest BCUT2D eigenvalue weighted by Gasteiger charge is -2.14. The molecule has 0 unspecified atom stereocenters.